The molecule has 2 aromatic carbocycles. The summed E-state index contributed by atoms with van der Waals surface area (Å²) in [5, 5.41) is 0. The lowest BCUT2D eigenvalue weighted by Crippen LogP contribution is -2.16. The zero-order chi connectivity index (χ0) is 23.1. The van der Waals surface area contributed by atoms with Gasteiger partial charge in [0, 0.05) is 0 Å². The Balaban J connectivity index is 1.51. The Morgan fingerprint density at radius 2 is 1.56 bits per heavy atom. The SMILES string of the molecule is CCCCCCOc1ccc(C2CCC(CCc3ccc(C)c(F)c3F)CC2)c(F)c1F. The van der Waals surface area contributed by atoms with Gasteiger partial charge in [-0.15, -0.1) is 0 Å². The van der Waals surface area contributed by atoms with Crippen molar-refractivity contribution >= 4 is 0 Å². The van der Waals surface area contributed by atoms with E-state index in [2.05, 4.69) is 6.92 Å². The topological polar surface area (TPSA) is 9.23 Å². The van der Waals surface area contributed by atoms with Crippen molar-refractivity contribution in [1.82, 2.24) is 0 Å². The lowest BCUT2D eigenvalue weighted by molar-refractivity contribution is 0.280. The number of hydrogen-bond donors (Lipinski definition) is 0. The minimum Gasteiger partial charge on any atom is -0.490 e. The molecule has 1 aliphatic rings. The fourth-order valence-corrected chi connectivity index (χ4v) is 4.69. The lowest BCUT2D eigenvalue weighted by atomic mass is 9.76. The molecule has 0 amide bonds. The molecular weight excluding hydrogens is 416 g/mol. The summed E-state index contributed by atoms with van der Waals surface area (Å²) in [5.41, 5.74) is 1.15. The van der Waals surface area contributed by atoms with Gasteiger partial charge in [0.15, 0.2) is 23.2 Å². The van der Waals surface area contributed by atoms with Crippen LogP contribution in [0, 0.1) is 36.1 Å². The standard InChI is InChI=1S/C27H34F4O/c1-3-4-5-6-17-32-23-16-15-22(26(30)27(23)31)20-12-8-19(9-13-20)10-14-21-11-7-18(2)24(28)25(21)29/h7,11,15-16,19-20H,3-6,8-10,12-14,17H2,1-2H3. The average Bonchev–Trinajstić information content (AvgIpc) is 2.80. The van der Waals surface area contributed by atoms with Gasteiger partial charge in [-0.2, -0.15) is 4.39 Å². The van der Waals surface area contributed by atoms with Crippen molar-refractivity contribution in [1.29, 1.82) is 0 Å². The third kappa shape index (κ3) is 6.05. The summed E-state index contributed by atoms with van der Waals surface area (Å²) in [6.07, 6.45) is 8.62. The van der Waals surface area contributed by atoms with Crippen molar-refractivity contribution in [2.45, 2.75) is 84.0 Å². The summed E-state index contributed by atoms with van der Waals surface area (Å²) in [5.74, 6) is -2.85. The second kappa shape index (κ2) is 11.7. The monoisotopic (exact) mass is 450 g/mol. The van der Waals surface area contributed by atoms with Crippen LogP contribution in [0.2, 0.25) is 0 Å². The molecular formula is C27H34F4O. The minimum atomic E-state index is -0.892. The highest BCUT2D eigenvalue weighted by Gasteiger charge is 2.27. The Bertz CT molecular complexity index is 888. The van der Waals surface area contributed by atoms with Gasteiger partial charge in [-0.1, -0.05) is 44.4 Å². The van der Waals surface area contributed by atoms with Crippen LogP contribution in [0.4, 0.5) is 17.6 Å². The van der Waals surface area contributed by atoms with Gasteiger partial charge in [-0.3, -0.25) is 0 Å². The molecule has 1 fully saturated rings. The first-order valence-electron chi connectivity index (χ1n) is 12.0. The van der Waals surface area contributed by atoms with Gasteiger partial charge in [0.1, 0.15) is 0 Å². The third-order valence-corrected chi connectivity index (χ3v) is 6.80. The molecule has 1 nitrogen and oxygen atoms in total. The highest BCUT2D eigenvalue weighted by molar-refractivity contribution is 5.33. The Morgan fingerprint density at radius 1 is 0.812 bits per heavy atom. The van der Waals surface area contributed by atoms with Gasteiger partial charge < -0.3 is 4.74 Å². The van der Waals surface area contributed by atoms with Gasteiger partial charge in [0.05, 0.1) is 6.61 Å². The Hall–Kier alpha value is -2.04. The summed E-state index contributed by atoms with van der Waals surface area (Å²) in [6, 6.07) is 6.48. The number of benzene rings is 2. The molecule has 0 radical (unpaired) electrons. The highest BCUT2D eigenvalue weighted by atomic mass is 19.2. The molecule has 1 aliphatic carbocycles. The van der Waals surface area contributed by atoms with E-state index in [-0.39, 0.29) is 11.7 Å². The van der Waals surface area contributed by atoms with Crippen LogP contribution in [0.1, 0.15) is 87.3 Å². The smallest absolute Gasteiger partial charge is 0.200 e. The van der Waals surface area contributed by atoms with E-state index < -0.39 is 23.3 Å². The fourth-order valence-electron chi connectivity index (χ4n) is 4.69. The Kier molecular flexibility index (Phi) is 9.01. The van der Waals surface area contributed by atoms with E-state index in [1.54, 1.807) is 31.2 Å². The summed E-state index contributed by atoms with van der Waals surface area (Å²) < 4.78 is 62.5. The first-order valence-corrected chi connectivity index (χ1v) is 12.0. The number of unbranched alkanes of at least 4 members (excludes halogenated alkanes) is 3. The molecule has 0 spiro atoms. The zero-order valence-corrected chi connectivity index (χ0v) is 19.2. The van der Waals surface area contributed by atoms with Crippen molar-refractivity contribution in [2.75, 3.05) is 6.61 Å². The predicted molar refractivity (Wildman–Crippen MR) is 120 cm³/mol. The van der Waals surface area contributed by atoms with E-state index in [0.29, 0.717) is 35.6 Å². The van der Waals surface area contributed by atoms with Gasteiger partial charge in [-0.05, 0) is 86.5 Å². The number of hydrogen-bond acceptors (Lipinski definition) is 1. The molecule has 0 heterocycles. The molecule has 2 aromatic rings. The van der Waals surface area contributed by atoms with Gasteiger partial charge in [-0.25, -0.2) is 13.2 Å². The maximum atomic E-state index is 14.7. The summed E-state index contributed by atoms with van der Waals surface area (Å²) in [6.45, 7) is 4.07. The molecule has 0 atom stereocenters. The van der Waals surface area contributed by atoms with Crippen LogP contribution in [0.25, 0.3) is 0 Å². The van der Waals surface area contributed by atoms with Gasteiger partial charge in [0.25, 0.3) is 0 Å². The molecule has 32 heavy (non-hydrogen) atoms. The zero-order valence-electron chi connectivity index (χ0n) is 19.2. The van der Waals surface area contributed by atoms with E-state index in [4.69, 9.17) is 4.74 Å². The molecule has 176 valence electrons. The van der Waals surface area contributed by atoms with Crippen LogP contribution in [0.5, 0.6) is 5.75 Å². The van der Waals surface area contributed by atoms with Crippen LogP contribution in [-0.4, -0.2) is 6.61 Å². The van der Waals surface area contributed by atoms with Crippen molar-refractivity contribution in [3.8, 4) is 5.75 Å². The molecule has 0 N–H and O–H groups in total. The Labute approximate surface area is 189 Å². The first-order chi connectivity index (χ1) is 15.4. The molecule has 1 saturated carbocycles. The van der Waals surface area contributed by atoms with E-state index in [1.165, 1.54) is 0 Å². The van der Waals surface area contributed by atoms with Crippen LogP contribution >= 0.6 is 0 Å². The number of rotatable bonds is 10. The van der Waals surface area contributed by atoms with Gasteiger partial charge in [0.2, 0.25) is 5.82 Å². The summed E-state index contributed by atoms with van der Waals surface area (Å²) in [7, 11) is 0. The number of aryl methyl sites for hydroxylation is 2. The molecule has 0 saturated heterocycles. The molecule has 3 rings (SSSR count). The maximum absolute atomic E-state index is 14.7. The number of ether oxygens (including phenoxy) is 1. The van der Waals surface area contributed by atoms with Crippen molar-refractivity contribution in [3.05, 3.63) is 64.2 Å². The summed E-state index contributed by atoms with van der Waals surface area (Å²) in [4.78, 5) is 0. The molecule has 0 bridgehead atoms. The quantitative estimate of drug-likeness (QED) is 0.261. The van der Waals surface area contributed by atoms with Crippen molar-refractivity contribution in [2.24, 2.45) is 5.92 Å². The Morgan fingerprint density at radius 3 is 2.28 bits per heavy atom. The highest BCUT2D eigenvalue weighted by Crippen LogP contribution is 2.40. The van der Waals surface area contributed by atoms with Gasteiger partial charge >= 0.3 is 0 Å². The normalized spacial score (nSPS) is 18.7. The molecule has 0 unspecified atom stereocenters. The summed E-state index contributed by atoms with van der Waals surface area (Å²) >= 11 is 0. The number of halogens is 4. The fraction of sp³-hybridized carbons (Fsp3) is 0.556. The van der Waals surface area contributed by atoms with Crippen molar-refractivity contribution in [3.63, 3.8) is 0 Å². The van der Waals surface area contributed by atoms with E-state index in [0.717, 1.165) is 57.8 Å². The van der Waals surface area contributed by atoms with Crippen molar-refractivity contribution < 1.29 is 22.3 Å². The first kappa shape index (κ1) is 24.6. The van der Waals surface area contributed by atoms with Crippen LogP contribution in [-0.2, 0) is 6.42 Å². The third-order valence-electron chi connectivity index (χ3n) is 6.80. The second-order valence-corrected chi connectivity index (χ2v) is 9.12. The maximum Gasteiger partial charge on any atom is 0.200 e. The second-order valence-electron chi connectivity index (χ2n) is 9.12. The molecule has 0 aromatic heterocycles. The van der Waals surface area contributed by atoms with E-state index >= 15 is 0 Å². The largest absolute Gasteiger partial charge is 0.490 e. The van der Waals surface area contributed by atoms with E-state index in [1.807, 2.05) is 0 Å². The van der Waals surface area contributed by atoms with Crippen LogP contribution < -0.4 is 4.74 Å². The molecule has 0 aliphatic heterocycles. The van der Waals surface area contributed by atoms with E-state index in [9.17, 15) is 17.6 Å². The predicted octanol–water partition coefficient (Wildman–Crippen LogP) is 8.42. The van der Waals surface area contributed by atoms with Crippen LogP contribution in [0.3, 0.4) is 0 Å². The lowest BCUT2D eigenvalue weighted by Gasteiger charge is -2.29. The van der Waals surface area contributed by atoms with Crippen LogP contribution in [0.15, 0.2) is 24.3 Å². The molecule has 5 heteroatoms. The average molecular weight is 451 g/mol. The minimum absolute atomic E-state index is 0.0104.